The molecule has 11 heteroatoms. The maximum absolute atomic E-state index is 13.4. The van der Waals surface area contributed by atoms with Crippen LogP contribution >= 0.6 is 11.6 Å². The highest BCUT2D eigenvalue weighted by molar-refractivity contribution is 6.31. The molecular weight excluding hydrogens is 437 g/mol. The zero-order valence-corrected chi connectivity index (χ0v) is 18.2. The number of carbonyl (C=O) groups excluding carboxylic acids is 1. The van der Waals surface area contributed by atoms with Crippen LogP contribution in [0.3, 0.4) is 0 Å². The van der Waals surface area contributed by atoms with Gasteiger partial charge in [-0.2, -0.15) is 0 Å². The molecule has 3 N–H and O–H groups in total. The lowest BCUT2D eigenvalue weighted by atomic mass is 9.91. The molecule has 1 fully saturated rings. The quantitative estimate of drug-likeness (QED) is 0.457. The largest absolute Gasteiger partial charge is 0.468 e. The summed E-state index contributed by atoms with van der Waals surface area (Å²) < 4.78 is 18.1. The maximum atomic E-state index is 13.4. The summed E-state index contributed by atoms with van der Waals surface area (Å²) in [5, 5.41) is 9.74. The number of methoxy groups -OCH3 is 1. The number of anilines is 3. The van der Waals surface area contributed by atoms with E-state index in [1.54, 1.807) is 12.3 Å². The fourth-order valence-electron chi connectivity index (χ4n) is 3.65. The summed E-state index contributed by atoms with van der Waals surface area (Å²) in [6, 6.07) is 4.85. The fraction of sp³-hybridized carbons (Fsp3) is 0.381. The molecule has 4 rings (SSSR count). The van der Waals surface area contributed by atoms with Crippen molar-refractivity contribution in [2.24, 2.45) is 0 Å². The summed E-state index contributed by atoms with van der Waals surface area (Å²) >= 11 is 5.87. The summed E-state index contributed by atoms with van der Waals surface area (Å²) in [6.45, 7) is 0.224. The highest BCUT2D eigenvalue weighted by atomic mass is 35.5. The van der Waals surface area contributed by atoms with Crippen molar-refractivity contribution >= 4 is 46.1 Å². The lowest BCUT2D eigenvalue weighted by Gasteiger charge is -2.29. The van der Waals surface area contributed by atoms with Crippen LogP contribution in [0.25, 0.3) is 11.0 Å². The van der Waals surface area contributed by atoms with E-state index in [0.29, 0.717) is 28.5 Å². The minimum absolute atomic E-state index is 0.0158. The van der Waals surface area contributed by atoms with Crippen molar-refractivity contribution in [2.75, 3.05) is 24.3 Å². The van der Waals surface area contributed by atoms with Gasteiger partial charge in [-0.15, -0.1) is 0 Å². The summed E-state index contributed by atoms with van der Waals surface area (Å²) in [7, 11) is 1.38. The first-order chi connectivity index (χ1) is 15.5. The molecule has 0 radical (unpaired) electrons. The molecule has 2 aromatic heterocycles. The van der Waals surface area contributed by atoms with Crippen LogP contribution in [-0.4, -0.2) is 51.6 Å². The lowest BCUT2D eigenvalue weighted by Crippen LogP contribution is -2.39. The summed E-state index contributed by atoms with van der Waals surface area (Å²) in [5.41, 5.74) is 1.71. The van der Waals surface area contributed by atoms with Crippen LogP contribution in [0.5, 0.6) is 0 Å². The molecule has 1 aromatic carbocycles. The van der Waals surface area contributed by atoms with Gasteiger partial charge in [0, 0.05) is 17.8 Å². The molecule has 0 aliphatic heterocycles. The van der Waals surface area contributed by atoms with E-state index in [1.807, 2.05) is 0 Å². The minimum atomic E-state index is -0.492. The SMILES string of the molecule is COC(=O)CNC1CCC(Nc2ncc3ncnc(Nc4ccc(F)c(Cl)c4)c3n2)CC1. The van der Waals surface area contributed by atoms with Crippen molar-refractivity contribution in [2.45, 2.75) is 37.8 Å². The van der Waals surface area contributed by atoms with Crippen molar-refractivity contribution < 1.29 is 13.9 Å². The molecule has 0 bridgehead atoms. The van der Waals surface area contributed by atoms with Crippen molar-refractivity contribution in [1.82, 2.24) is 25.3 Å². The Bertz CT molecular complexity index is 1110. The van der Waals surface area contributed by atoms with Gasteiger partial charge in [-0.05, 0) is 43.9 Å². The molecule has 0 amide bonds. The number of carbonyl (C=O) groups is 1. The zero-order chi connectivity index (χ0) is 22.5. The molecule has 9 nitrogen and oxygen atoms in total. The van der Waals surface area contributed by atoms with Crippen LogP contribution in [0.2, 0.25) is 5.02 Å². The number of hydrogen-bond donors (Lipinski definition) is 3. The Hall–Kier alpha value is -3.11. The minimum Gasteiger partial charge on any atom is -0.468 e. The number of nitrogens with zero attached hydrogens (tertiary/aromatic N) is 4. The predicted molar refractivity (Wildman–Crippen MR) is 120 cm³/mol. The number of ether oxygens (including phenoxy) is 1. The van der Waals surface area contributed by atoms with Crippen LogP contribution in [0.4, 0.5) is 21.8 Å². The Balaban J connectivity index is 1.43. The molecular formula is C21H23ClFN7O2. The monoisotopic (exact) mass is 459 g/mol. The molecule has 1 aliphatic carbocycles. The first kappa shape index (κ1) is 22.1. The van der Waals surface area contributed by atoms with Crippen LogP contribution in [0.1, 0.15) is 25.7 Å². The number of aromatic nitrogens is 4. The molecule has 1 saturated carbocycles. The molecule has 32 heavy (non-hydrogen) atoms. The first-order valence-corrected chi connectivity index (χ1v) is 10.7. The van der Waals surface area contributed by atoms with Gasteiger partial charge in [0.2, 0.25) is 5.95 Å². The Morgan fingerprint density at radius 2 is 1.97 bits per heavy atom. The highest BCUT2D eigenvalue weighted by Gasteiger charge is 2.22. The smallest absolute Gasteiger partial charge is 0.319 e. The molecule has 0 spiro atoms. The first-order valence-electron chi connectivity index (χ1n) is 10.3. The normalized spacial score (nSPS) is 18.3. The van der Waals surface area contributed by atoms with Crippen molar-refractivity contribution in [1.29, 1.82) is 0 Å². The third kappa shape index (κ3) is 5.38. The van der Waals surface area contributed by atoms with Gasteiger partial charge < -0.3 is 20.7 Å². The molecule has 168 valence electrons. The predicted octanol–water partition coefficient (Wildman–Crippen LogP) is 3.44. The number of halogens is 2. The van der Waals surface area contributed by atoms with E-state index < -0.39 is 5.82 Å². The van der Waals surface area contributed by atoms with Crippen LogP contribution < -0.4 is 16.0 Å². The van der Waals surface area contributed by atoms with E-state index in [-0.39, 0.29) is 29.6 Å². The number of hydrogen-bond acceptors (Lipinski definition) is 9. The van der Waals surface area contributed by atoms with Crippen LogP contribution in [-0.2, 0) is 9.53 Å². The molecule has 1 aliphatic rings. The average Bonchev–Trinajstić information content (AvgIpc) is 2.81. The van der Waals surface area contributed by atoms with Gasteiger partial charge in [-0.1, -0.05) is 11.6 Å². The summed E-state index contributed by atoms with van der Waals surface area (Å²) in [5.74, 6) is 0.204. The fourth-order valence-corrected chi connectivity index (χ4v) is 3.83. The molecule has 3 aromatic rings. The third-order valence-electron chi connectivity index (χ3n) is 5.38. The van der Waals surface area contributed by atoms with Gasteiger partial charge in [-0.3, -0.25) is 4.79 Å². The van der Waals surface area contributed by atoms with Gasteiger partial charge in [0.15, 0.2) is 5.82 Å². The topological polar surface area (TPSA) is 114 Å². The van der Waals surface area contributed by atoms with E-state index in [2.05, 4.69) is 40.6 Å². The third-order valence-corrected chi connectivity index (χ3v) is 5.67. The number of benzene rings is 1. The Morgan fingerprint density at radius 1 is 1.19 bits per heavy atom. The van der Waals surface area contributed by atoms with E-state index >= 15 is 0 Å². The number of rotatable bonds is 7. The standard InChI is InChI=1S/C21H23ClFN7O2/c1-32-18(31)10-24-12-2-4-13(5-3-12)29-21-25-9-17-19(30-21)20(27-11-26-17)28-14-6-7-16(23)15(22)8-14/h6-9,11-13,24H,2-5,10H2,1H3,(H,25,29,30)(H,26,27,28). The maximum Gasteiger partial charge on any atom is 0.319 e. The summed E-state index contributed by atoms with van der Waals surface area (Å²) in [4.78, 5) is 28.8. The lowest BCUT2D eigenvalue weighted by molar-refractivity contribution is -0.139. The Labute approximate surface area is 189 Å². The number of fused-ring (bicyclic) bond motifs is 1. The van der Waals surface area contributed by atoms with Gasteiger partial charge in [0.25, 0.3) is 0 Å². The summed E-state index contributed by atoms with van der Waals surface area (Å²) in [6.07, 6.45) is 6.76. The number of esters is 1. The Morgan fingerprint density at radius 3 is 2.72 bits per heavy atom. The Kier molecular flexibility index (Phi) is 6.91. The molecule has 0 atom stereocenters. The zero-order valence-electron chi connectivity index (χ0n) is 17.4. The van der Waals surface area contributed by atoms with Gasteiger partial charge in [-0.25, -0.2) is 24.3 Å². The molecule has 0 saturated heterocycles. The van der Waals surface area contributed by atoms with Gasteiger partial charge in [0.05, 0.1) is 24.9 Å². The van der Waals surface area contributed by atoms with Crippen molar-refractivity contribution in [3.8, 4) is 0 Å². The van der Waals surface area contributed by atoms with E-state index in [0.717, 1.165) is 25.7 Å². The molecule has 2 heterocycles. The number of nitrogens with one attached hydrogen (secondary N) is 3. The van der Waals surface area contributed by atoms with Crippen LogP contribution in [0, 0.1) is 5.82 Å². The van der Waals surface area contributed by atoms with E-state index in [9.17, 15) is 9.18 Å². The van der Waals surface area contributed by atoms with E-state index in [4.69, 9.17) is 11.6 Å². The second kappa shape index (κ2) is 10.0. The van der Waals surface area contributed by atoms with Crippen LogP contribution in [0.15, 0.2) is 30.7 Å². The second-order valence-electron chi connectivity index (χ2n) is 7.55. The average molecular weight is 460 g/mol. The van der Waals surface area contributed by atoms with Crippen molar-refractivity contribution in [3.05, 3.63) is 41.6 Å². The van der Waals surface area contributed by atoms with Crippen molar-refractivity contribution in [3.63, 3.8) is 0 Å². The molecule has 0 unspecified atom stereocenters. The highest BCUT2D eigenvalue weighted by Crippen LogP contribution is 2.26. The van der Waals surface area contributed by atoms with E-state index in [1.165, 1.54) is 25.6 Å². The second-order valence-corrected chi connectivity index (χ2v) is 7.96. The van der Waals surface area contributed by atoms with Gasteiger partial charge in [0.1, 0.15) is 23.2 Å². The van der Waals surface area contributed by atoms with Gasteiger partial charge >= 0.3 is 5.97 Å².